The van der Waals surface area contributed by atoms with Crippen LogP contribution in [0.15, 0.2) is 47.4 Å². The van der Waals surface area contributed by atoms with Crippen LogP contribution in [0.5, 0.6) is 0 Å². The van der Waals surface area contributed by atoms with Gasteiger partial charge in [-0.05, 0) is 62.1 Å². The largest absolute Gasteiger partial charge is 0.379 e. The molecular weight excluding hydrogens is 530 g/mol. The Morgan fingerprint density at radius 3 is 2.43 bits per heavy atom. The average Bonchev–Trinajstić information content (AvgIpc) is 3.30. The number of amides is 1. The van der Waals surface area contributed by atoms with E-state index in [9.17, 15) is 13.2 Å². The molecule has 0 radical (unpaired) electrons. The van der Waals surface area contributed by atoms with E-state index in [-0.39, 0.29) is 29.6 Å². The molecule has 0 atom stereocenters. The van der Waals surface area contributed by atoms with Crippen molar-refractivity contribution in [2.45, 2.75) is 50.2 Å². The van der Waals surface area contributed by atoms with E-state index in [1.54, 1.807) is 54.3 Å². The highest BCUT2D eigenvalue weighted by Crippen LogP contribution is 2.30. The summed E-state index contributed by atoms with van der Waals surface area (Å²) in [7, 11) is -3.34. The fraction of sp³-hybridized carbons (Fsp3) is 0.481. The minimum absolute atomic E-state index is 0. The Morgan fingerprint density at radius 2 is 1.78 bits per heavy atom. The molecule has 0 bridgehead atoms. The summed E-state index contributed by atoms with van der Waals surface area (Å²) in [5.74, 6) is -0.0359. The second-order valence-corrected chi connectivity index (χ2v) is 12.9. The van der Waals surface area contributed by atoms with Crippen LogP contribution in [-0.2, 0) is 32.2 Å². The van der Waals surface area contributed by atoms with Gasteiger partial charge >= 0.3 is 0 Å². The Kier molecular flexibility index (Phi) is 10.5. The number of ether oxygens (including phenoxy) is 1. The number of sulfone groups is 1. The highest BCUT2D eigenvalue weighted by Gasteiger charge is 2.22. The lowest BCUT2D eigenvalue weighted by Crippen LogP contribution is -2.39. The zero-order valence-corrected chi connectivity index (χ0v) is 24.1. The normalized spacial score (nSPS) is 14.6. The summed E-state index contributed by atoms with van der Waals surface area (Å²) in [4.78, 5) is 22.8. The number of morpholine rings is 1. The fourth-order valence-corrected chi connectivity index (χ4v) is 6.37. The summed E-state index contributed by atoms with van der Waals surface area (Å²) in [6, 6.07) is 13.0. The fourth-order valence-electron chi connectivity index (χ4n) is 4.24. The molecule has 37 heavy (non-hydrogen) atoms. The number of carbonyl (C=O) groups excluding carboxylic acids is 1. The van der Waals surface area contributed by atoms with Gasteiger partial charge in [0, 0.05) is 26.2 Å². The summed E-state index contributed by atoms with van der Waals surface area (Å²) >= 11 is 1.55. The molecule has 0 N–H and O–H groups in total. The second-order valence-electron chi connectivity index (χ2n) is 9.42. The minimum Gasteiger partial charge on any atom is -0.379 e. The standard InChI is InChI=1S/C27H35N3O4S2.ClH/c1-4-21-8-11-24-25(18-21)35-27(28-24)30(13-5-12-29-14-16-34-17-15-29)26(31)19-22-6-9-23(10-7-22)36(32,33)20(2)3;/h6-11,18,20H,4-5,12-17,19H2,1-3H3;1H. The van der Waals surface area contributed by atoms with Crippen LogP contribution in [0.25, 0.3) is 10.2 Å². The lowest BCUT2D eigenvalue weighted by molar-refractivity contribution is -0.118. The molecule has 1 aliphatic heterocycles. The van der Waals surface area contributed by atoms with Crippen molar-refractivity contribution in [3.8, 4) is 0 Å². The van der Waals surface area contributed by atoms with E-state index in [1.165, 1.54) is 5.56 Å². The molecule has 0 aliphatic carbocycles. The van der Waals surface area contributed by atoms with Crippen LogP contribution >= 0.6 is 23.7 Å². The smallest absolute Gasteiger partial charge is 0.233 e. The highest BCUT2D eigenvalue weighted by molar-refractivity contribution is 7.92. The molecule has 1 fully saturated rings. The second kappa shape index (κ2) is 13.2. The Balaban J connectivity index is 0.00000380. The van der Waals surface area contributed by atoms with E-state index in [0.29, 0.717) is 11.7 Å². The molecule has 1 saturated heterocycles. The maximum atomic E-state index is 13.5. The van der Waals surface area contributed by atoms with Crippen LogP contribution in [0.1, 0.15) is 38.3 Å². The summed E-state index contributed by atoms with van der Waals surface area (Å²) < 4.78 is 31.4. The first-order valence-electron chi connectivity index (χ1n) is 12.6. The third-order valence-electron chi connectivity index (χ3n) is 6.57. The van der Waals surface area contributed by atoms with Crippen LogP contribution in [0.3, 0.4) is 0 Å². The molecule has 0 saturated carbocycles. The number of aromatic nitrogens is 1. The zero-order chi connectivity index (χ0) is 25.7. The Labute approximate surface area is 230 Å². The van der Waals surface area contributed by atoms with E-state index >= 15 is 0 Å². The first-order valence-corrected chi connectivity index (χ1v) is 15.0. The Bertz CT molecular complexity index is 1290. The lowest BCUT2D eigenvalue weighted by atomic mass is 10.1. The van der Waals surface area contributed by atoms with Crippen LogP contribution in [-0.4, -0.2) is 68.9 Å². The number of nitrogens with zero attached hydrogens (tertiary/aromatic N) is 3. The number of aryl methyl sites for hydroxylation is 1. The van der Waals surface area contributed by atoms with Crippen LogP contribution in [0, 0.1) is 0 Å². The van der Waals surface area contributed by atoms with Crippen molar-refractivity contribution in [3.63, 3.8) is 0 Å². The van der Waals surface area contributed by atoms with Crippen molar-refractivity contribution >= 4 is 54.8 Å². The summed E-state index contributed by atoms with van der Waals surface area (Å²) in [6.45, 7) is 10.3. The average molecular weight is 566 g/mol. The molecule has 202 valence electrons. The number of carbonyl (C=O) groups is 1. The van der Waals surface area contributed by atoms with E-state index in [1.807, 2.05) is 6.07 Å². The van der Waals surface area contributed by atoms with Gasteiger partial charge in [-0.3, -0.25) is 14.6 Å². The van der Waals surface area contributed by atoms with Gasteiger partial charge in [-0.1, -0.05) is 36.5 Å². The molecule has 10 heteroatoms. The summed E-state index contributed by atoms with van der Waals surface area (Å²) in [6.07, 6.45) is 1.98. The molecule has 0 spiro atoms. The zero-order valence-electron chi connectivity index (χ0n) is 21.7. The predicted molar refractivity (Wildman–Crippen MR) is 153 cm³/mol. The summed E-state index contributed by atoms with van der Waals surface area (Å²) in [5.41, 5.74) is 2.94. The van der Waals surface area contributed by atoms with Crippen molar-refractivity contribution < 1.29 is 17.9 Å². The number of hydrogen-bond donors (Lipinski definition) is 0. The molecular formula is C27H36ClN3O4S2. The third-order valence-corrected chi connectivity index (χ3v) is 9.78. The Morgan fingerprint density at radius 1 is 1.11 bits per heavy atom. The molecule has 7 nitrogen and oxygen atoms in total. The molecule has 0 unspecified atom stereocenters. The maximum absolute atomic E-state index is 13.5. The number of thiazole rings is 1. The van der Waals surface area contributed by atoms with E-state index < -0.39 is 15.1 Å². The SMILES string of the molecule is CCc1ccc2nc(N(CCCN3CCOCC3)C(=O)Cc3ccc(S(=O)(=O)C(C)C)cc3)sc2c1.Cl. The molecule has 2 aromatic carbocycles. The van der Waals surface area contributed by atoms with Crippen molar-refractivity contribution in [2.24, 2.45) is 0 Å². The quantitative estimate of drug-likeness (QED) is 0.352. The predicted octanol–water partition coefficient (Wildman–Crippen LogP) is 4.76. The van der Waals surface area contributed by atoms with E-state index in [4.69, 9.17) is 9.72 Å². The van der Waals surface area contributed by atoms with Gasteiger partial charge in [-0.25, -0.2) is 13.4 Å². The molecule has 1 amide bonds. The number of halogens is 1. The lowest BCUT2D eigenvalue weighted by Gasteiger charge is -2.27. The van der Waals surface area contributed by atoms with Gasteiger partial charge in [0.2, 0.25) is 5.91 Å². The number of hydrogen-bond acceptors (Lipinski definition) is 7. The van der Waals surface area contributed by atoms with Crippen LogP contribution in [0.2, 0.25) is 0 Å². The van der Waals surface area contributed by atoms with E-state index in [2.05, 4.69) is 24.0 Å². The number of benzene rings is 2. The van der Waals surface area contributed by atoms with Crippen molar-refractivity contribution in [1.82, 2.24) is 9.88 Å². The van der Waals surface area contributed by atoms with Crippen molar-refractivity contribution in [3.05, 3.63) is 53.6 Å². The molecule has 1 aromatic heterocycles. The first kappa shape index (κ1) is 29.5. The Hall–Kier alpha value is -2.04. The van der Waals surface area contributed by atoms with Gasteiger partial charge in [0.1, 0.15) is 0 Å². The third kappa shape index (κ3) is 7.29. The van der Waals surface area contributed by atoms with E-state index in [0.717, 1.165) is 61.5 Å². The maximum Gasteiger partial charge on any atom is 0.233 e. The highest BCUT2D eigenvalue weighted by atomic mass is 35.5. The van der Waals surface area contributed by atoms with Crippen LogP contribution < -0.4 is 4.90 Å². The molecule has 2 heterocycles. The van der Waals surface area contributed by atoms with Gasteiger partial charge in [-0.2, -0.15) is 0 Å². The first-order chi connectivity index (χ1) is 17.3. The van der Waals surface area contributed by atoms with Gasteiger partial charge in [0.15, 0.2) is 15.0 Å². The van der Waals surface area contributed by atoms with Gasteiger partial charge < -0.3 is 4.74 Å². The van der Waals surface area contributed by atoms with Gasteiger partial charge in [0.05, 0.1) is 40.0 Å². The number of anilines is 1. The van der Waals surface area contributed by atoms with Gasteiger partial charge in [-0.15, -0.1) is 12.4 Å². The molecule has 1 aliphatic rings. The number of rotatable bonds is 10. The van der Waals surface area contributed by atoms with Crippen LogP contribution in [0.4, 0.5) is 5.13 Å². The summed E-state index contributed by atoms with van der Waals surface area (Å²) in [5, 5.41) is 0.225. The minimum atomic E-state index is -3.34. The van der Waals surface area contributed by atoms with Crippen molar-refractivity contribution in [1.29, 1.82) is 0 Å². The van der Waals surface area contributed by atoms with Gasteiger partial charge in [0.25, 0.3) is 0 Å². The molecule has 3 aromatic rings. The molecule has 4 rings (SSSR count). The topological polar surface area (TPSA) is 79.8 Å². The monoisotopic (exact) mass is 565 g/mol. The van der Waals surface area contributed by atoms with Crippen molar-refractivity contribution in [2.75, 3.05) is 44.3 Å². The number of fused-ring (bicyclic) bond motifs is 1.